The first-order valence-corrected chi connectivity index (χ1v) is 9.60. The van der Waals surface area contributed by atoms with E-state index in [1.54, 1.807) is 0 Å². The van der Waals surface area contributed by atoms with Crippen molar-refractivity contribution in [2.45, 2.75) is 71.1 Å². The second kappa shape index (κ2) is 7.23. The topological polar surface area (TPSA) is 76.2 Å². The van der Waals surface area contributed by atoms with Crippen molar-refractivity contribution in [3.05, 3.63) is 35.2 Å². The van der Waals surface area contributed by atoms with Gasteiger partial charge in [-0.3, -0.25) is 9.69 Å². The molecule has 4 rings (SSSR count). The van der Waals surface area contributed by atoms with Gasteiger partial charge in [-0.2, -0.15) is 0 Å². The average molecular weight is 357 g/mol. The van der Waals surface area contributed by atoms with Crippen LogP contribution in [0, 0.1) is 6.92 Å². The molecule has 0 aromatic carbocycles. The molecule has 3 heterocycles. The Hall–Kier alpha value is -2.15. The van der Waals surface area contributed by atoms with Crippen molar-refractivity contribution in [1.82, 2.24) is 24.9 Å². The van der Waals surface area contributed by atoms with E-state index in [9.17, 15) is 4.79 Å². The number of carbonyl (C=O) groups is 1. The van der Waals surface area contributed by atoms with Crippen molar-refractivity contribution in [2.24, 2.45) is 0 Å². The molecule has 26 heavy (non-hydrogen) atoms. The van der Waals surface area contributed by atoms with Gasteiger partial charge in [-0.1, -0.05) is 18.0 Å². The Bertz CT molecular complexity index is 775. The summed E-state index contributed by atoms with van der Waals surface area (Å²) >= 11 is 0. The molecule has 7 nitrogen and oxygen atoms in total. The average Bonchev–Trinajstić information content (AvgIpc) is 3.32. The van der Waals surface area contributed by atoms with Crippen molar-refractivity contribution >= 4 is 5.91 Å². The van der Waals surface area contributed by atoms with Gasteiger partial charge in [0.1, 0.15) is 11.6 Å². The highest BCUT2D eigenvalue weighted by Gasteiger charge is 2.27. The maximum atomic E-state index is 12.3. The normalized spacial score (nSPS) is 21.1. The second-order valence-electron chi connectivity index (χ2n) is 7.58. The minimum absolute atomic E-state index is 0.0925. The third kappa shape index (κ3) is 3.67. The summed E-state index contributed by atoms with van der Waals surface area (Å²) in [5.74, 6) is 1.96. The number of nitrogens with zero attached hydrogens (tertiary/aromatic N) is 4. The van der Waals surface area contributed by atoms with Crippen molar-refractivity contribution in [2.75, 3.05) is 6.54 Å². The predicted octanol–water partition coefficient (Wildman–Crippen LogP) is 2.36. The molecular weight excluding hydrogens is 330 g/mol. The van der Waals surface area contributed by atoms with E-state index in [0.29, 0.717) is 12.5 Å². The van der Waals surface area contributed by atoms with Crippen LogP contribution in [0.5, 0.6) is 0 Å². The Kier molecular flexibility index (Phi) is 4.80. The molecule has 0 radical (unpaired) electrons. The molecule has 1 atom stereocenters. The number of hydrogen-bond donors (Lipinski definition) is 1. The lowest BCUT2D eigenvalue weighted by atomic mass is 10.2. The van der Waals surface area contributed by atoms with E-state index in [1.807, 2.05) is 19.2 Å². The maximum Gasteiger partial charge on any atom is 0.226 e. The van der Waals surface area contributed by atoms with Gasteiger partial charge in [-0.15, -0.1) is 0 Å². The van der Waals surface area contributed by atoms with Crippen LogP contribution < -0.4 is 5.32 Å². The molecule has 1 amide bonds. The van der Waals surface area contributed by atoms with Gasteiger partial charge in [0, 0.05) is 37.9 Å². The lowest BCUT2D eigenvalue weighted by molar-refractivity contribution is -0.121. The van der Waals surface area contributed by atoms with E-state index in [0.717, 1.165) is 55.4 Å². The van der Waals surface area contributed by atoms with Gasteiger partial charge in [0.25, 0.3) is 0 Å². The molecule has 0 bridgehead atoms. The minimum atomic E-state index is 0.0925. The smallest absolute Gasteiger partial charge is 0.226 e. The third-order valence-corrected chi connectivity index (χ3v) is 5.51. The van der Waals surface area contributed by atoms with E-state index in [4.69, 9.17) is 9.51 Å². The summed E-state index contributed by atoms with van der Waals surface area (Å²) in [5, 5.41) is 7.24. The molecule has 0 spiro atoms. The zero-order chi connectivity index (χ0) is 18.1. The maximum absolute atomic E-state index is 12.3. The molecule has 0 saturated heterocycles. The van der Waals surface area contributed by atoms with E-state index in [1.165, 1.54) is 12.8 Å². The minimum Gasteiger partial charge on any atom is -0.361 e. The van der Waals surface area contributed by atoms with Gasteiger partial charge in [0.05, 0.1) is 23.9 Å². The van der Waals surface area contributed by atoms with Crippen LogP contribution in [-0.2, 0) is 24.3 Å². The molecule has 1 saturated carbocycles. The molecule has 1 aliphatic carbocycles. The van der Waals surface area contributed by atoms with Crippen LogP contribution in [0.25, 0.3) is 0 Å². The number of nitrogens with one attached hydrogen (secondary N) is 1. The summed E-state index contributed by atoms with van der Waals surface area (Å²) in [6.45, 7) is 6.64. The number of fused-ring (bicyclic) bond motifs is 1. The summed E-state index contributed by atoms with van der Waals surface area (Å²) in [5.41, 5.74) is 1.81. The second-order valence-corrected chi connectivity index (χ2v) is 7.58. The number of carbonyl (C=O) groups excluding carboxylic acids is 1. The van der Waals surface area contributed by atoms with Gasteiger partial charge in [-0.25, -0.2) is 4.98 Å². The summed E-state index contributed by atoms with van der Waals surface area (Å²) in [7, 11) is 0. The number of imidazole rings is 1. The molecule has 140 valence electrons. The SMILES string of the molecule is Cc1cc(CN2CCn3cc(CC(=O)NC4CCCC4)nc3[C@H]2C)no1. The van der Waals surface area contributed by atoms with Gasteiger partial charge in [0.15, 0.2) is 0 Å². The van der Waals surface area contributed by atoms with Crippen LogP contribution in [0.2, 0.25) is 0 Å². The highest BCUT2D eigenvalue weighted by Crippen LogP contribution is 2.26. The Morgan fingerprint density at radius 2 is 2.12 bits per heavy atom. The Morgan fingerprint density at radius 1 is 1.31 bits per heavy atom. The zero-order valence-corrected chi connectivity index (χ0v) is 15.6. The number of hydrogen-bond acceptors (Lipinski definition) is 5. The summed E-state index contributed by atoms with van der Waals surface area (Å²) in [6, 6.07) is 2.53. The first-order valence-electron chi connectivity index (χ1n) is 9.60. The Labute approximate surface area is 153 Å². The fourth-order valence-electron chi connectivity index (χ4n) is 4.11. The molecule has 7 heteroatoms. The summed E-state index contributed by atoms with van der Waals surface area (Å²) in [6.07, 6.45) is 7.07. The van der Waals surface area contributed by atoms with Crippen LogP contribution in [0.15, 0.2) is 16.8 Å². The molecule has 1 N–H and O–H groups in total. The third-order valence-electron chi connectivity index (χ3n) is 5.51. The number of rotatable bonds is 5. The summed E-state index contributed by atoms with van der Waals surface area (Å²) in [4.78, 5) is 19.4. The van der Waals surface area contributed by atoms with Crippen LogP contribution in [0.4, 0.5) is 0 Å². The largest absolute Gasteiger partial charge is 0.361 e. The van der Waals surface area contributed by atoms with Crippen molar-refractivity contribution in [3.63, 3.8) is 0 Å². The zero-order valence-electron chi connectivity index (χ0n) is 15.6. The first kappa shape index (κ1) is 17.3. The standard InChI is InChI=1S/C19H27N5O2/c1-13-9-17(22-26-13)12-23-7-8-24-11-16(21-19(24)14(23)2)10-18(25)20-15-5-3-4-6-15/h9,11,14-15H,3-8,10,12H2,1-2H3,(H,20,25)/t14-/m1/s1. The molecule has 0 unspecified atom stereocenters. The predicted molar refractivity (Wildman–Crippen MR) is 96.4 cm³/mol. The highest BCUT2D eigenvalue weighted by molar-refractivity contribution is 5.78. The van der Waals surface area contributed by atoms with E-state index in [2.05, 4.69) is 26.9 Å². The highest BCUT2D eigenvalue weighted by atomic mass is 16.5. The van der Waals surface area contributed by atoms with Gasteiger partial charge in [0.2, 0.25) is 5.91 Å². The number of aryl methyl sites for hydroxylation is 1. The number of aromatic nitrogens is 3. The van der Waals surface area contributed by atoms with Gasteiger partial charge < -0.3 is 14.4 Å². The Morgan fingerprint density at radius 3 is 2.85 bits per heavy atom. The van der Waals surface area contributed by atoms with Crippen LogP contribution in [-0.4, -0.2) is 38.1 Å². The molecule has 1 fully saturated rings. The van der Waals surface area contributed by atoms with E-state index >= 15 is 0 Å². The first-order chi connectivity index (χ1) is 12.6. The summed E-state index contributed by atoms with van der Waals surface area (Å²) < 4.78 is 7.36. The monoisotopic (exact) mass is 357 g/mol. The molecule has 2 aromatic rings. The molecule has 2 aliphatic rings. The lowest BCUT2D eigenvalue weighted by Crippen LogP contribution is -2.36. The van der Waals surface area contributed by atoms with Crippen LogP contribution in [0.1, 0.15) is 61.6 Å². The van der Waals surface area contributed by atoms with Crippen molar-refractivity contribution < 1.29 is 9.32 Å². The van der Waals surface area contributed by atoms with Crippen LogP contribution >= 0.6 is 0 Å². The molecular formula is C19H27N5O2. The fourth-order valence-corrected chi connectivity index (χ4v) is 4.11. The fraction of sp³-hybridized carbons (Fsp3) is 0.632. The Balaban J connectivity index is 1.39. The lowest BCUT2D eigenvalue weighted by Gasteiger charge is -2.32. The van der Waals surface area contributed by atoms with E-state index < -0.39 is 0 Å². The molecule has 1 aliphatic heterocycles. The van der Waals surface area contributed by atoms with Gasteiger partial charge >= 0.3 is 0 Å². The van der Waals surface area contributed by atoms with Crippen molar-refractivity contribution in [3.8, 4) is 0 Å². The number of amides is 1. The van der Waals surface area contributed by atoms with Gasteiger partial charge in [-0.05, 0) is 26.7 Å². The van der Waals surface area contributed by atoms with E-state index in [-0.39, 0.29) is 11.9 Å². The quantitative estimate of drug-likeness (QED) is 0.889. The van der Waals surface area contributed by atoms with Crippen molar-refractivity contribution in [1.29, 1.82) is 0 Å². The molecule has 2 aromatic heterocycles. The van der Waals surface area contributed by atoms with Crippen LogP contribution in [0.3, 0.4) is 0 Å².